The lowest BCUT2D eigenvalue weighted by molar-refractivity contribution is -0.127. The average molecular weight is 498 g/mol. The highest BCUT2D eigenvalue weighted by atomic mass is 19.1. The number of hydrazine groups is 1. The van der Waals surface area contributed by atoms with Crippen molar-refractivity contribution in [2.45, 2.75) is 94.1 Å². The third-order valence-electron chi connectivity index (χ3n) is 8.77. The van der Waals surface area contributed by atoms with Gasteiger partial charge in [0.15, 0.2) is 0 Å². The Bertz CT molecular complexity index is 700. The molecule has 0 aromatic rings. The number of halogens is 1. The lowest BCUT2D eigenvalue weighted by atomic mass is 9.81. The molecular formula is C24H44FN7O3. The van der Waals surface area contributed by atoms with Gasteiger partial charge in [0.25, 0.3) is 0 Å². The van der Waals surface area contributed by atoms with Crippen LogP contribution in [-0.2, 0) is 9.53 Å². The number of fused-ring (bicyclic) bond motifs is 1. The first-order valence-corrected chi connectivity index (χ1v) is 13.7. The SMILES string of the molecule is O=C(N[C@@H]1COC2CC(F)CCC21)C1CCCC(NCC2NNC(C3CCNCN3)N2CCO)C1. The topological polar surface area (TPSA) is 122 Å². The Balaban J connectivity index is 1.09. The minimum atomic E-state index is -0.764. The molecule has 3 heterocycles. The maximum Gasteiger partial charge on any atom is 0.223 e. The van der Waals surface area contributed by atoms with E-state index >= 15 is 0 Å². The number of rotatable bonds is 8. The van der Waals surface area contributed by atoms with Crippen LogP contribution in [0.5, 0.6) is 0 Å². The summed E-state index contributed by atoms with van der Waals surface area (Å²) in [6.45, 7) is 3.77. The number of nitrogens with zero attached hydrogens (tertiary/aromatic N) is 1. The van der Waals surface area contributed by atoms with E-state index in [9.17, 15) is 14.3 Å². The summed E-state index contributed by atoms with van der Waals surface area (Å²) in [6, 6.07) is 0.639. The first kappa shape index (κ1) is 25.7. The summed E-state index contributed by atoms with van der Waals surface area (Å²) >= 11 is 0. The van der Waals surface area contributed by atoms with E-state index < -0.39 is 6.17 Å². The number of alkyl halides is 1. The van der Waals surface area contributed by atoms with Crippen LogP contribution in [0.25, 0.3) is 0 Å². The van der Waals surface area contributed by atoms with Gasteiger partial charge in [-0.1, -0.05) is 6.42 Å². The van der Waals surface area contributed by atoms with Crippen LogP contribution in [0.2, 0.25) is 0 Å². The molecule has 11 heteroatoms. The van der Waals surface area contributed by atoms with Crippen LogP contribution in [0.4, 0.5) is 4.39 Å². The maximum absolute atomic E-state index is 13.7. The predicted octanol–water partition coefficient (Wildman–Crippen LogP) is -0.880. The summed E-state index contributed by atoms with van der Waals surface area (Å²) in [5, 5.41) is 23.4. The number of carbonyl (C=O) groups is 1. The molecule has 1 amide bonds. The van der Waals surface area contributed by atoms with E-state index in [0.717, 1.165) is 58.3 Å². The molecule has 5 fully saturated rings. The smallest absolute Gasteiger partial charge is 0.223 e. The molecule has 2 saturated carbocycles. The van der Waals surface area contributed by atoms with Gasteiger partial charge in [-0.05, 0) is 45.1 Å². The van der Waals surface area contributed by atoms with Crippen LogP contribution in [-0.4, -0.2) is 98.2 Å². The number of amides is 1. The zero-order valence-electron chi connectivity index (χ0n) is 20.7. The number of nitrogens with one attached hydrogen (secondary N) is 6. The molecule has 2 aliphatic carbocycles. The minimum Gasteiger partial charge on any atom is -0.395 e. The van der Waals surface area contributed by atoms with E-state index in [4.69, 9.17) is 4.74 Å². The molecule has 3 saturated heterocycles. The average Bonchev–Trinajstić information content (AvgIpc) is 3.47. The van der Waals surface area contributed by atoms with E-state index in [1.54, 1.807) is 0 Å². The first-order valence-electron chi connectivity index (χ1n) is 13.7. The van der Waals surface area contributed by atoms with E-state index in [1.807, 2.05) is 0 Å². The Morgan fingerprint density at radius 1 is 1.14 bits per heavy atom. The first-order chi connectivity index (χ1) is 17.1. The molecule has 35 heavy (non-hydrogen) atoms. The fourth-order valence-corrected chi connectivity index (χ4v) is 6.82. The minimum absolute atomic E-state index is 0.00714. The zero-order chi connectivity index (χ0) is 24.2. The van der Waals surface area contributed by atoms with Gasteiger partial charge >= 0.3 is 0 Å². The van der Waals surface area contributed by atoms with E-state index in [-0.39, 0.29) is 48.8 Å². The normalized spacial score (nSPS) is 42.6. The Labute approximate surface area is 207 Å². The molecule has 0 radical (unpaired) electrons. The van der Waals surface area contributed by atoms with Gasteiger partial charge < -0.3 is 25.8 Å². The van der Waals surface area contributed by atoms with Crippen molar-refractivity contribution in [3.8, 4) is 0 Å². The lowest BCUT2D eigenvalue weighted by Crippen LogP contribution is -2.59. The Morgan fingerprint density at radius 2 is 2.06 bits per heavy atom. The number of β-amino-alcohol motifs (C(OH)–C–C–N with tert-alkyl or cyclic N) is 1. The van der Waals surface area contributed by atoms with Crippen molar-refractivity contribution in [1.29, 1.82) is 0 Å². The maximum atomic E-state index is 13.7. The molecule has 8 unspecified atom stereocenters. The summed E-state index contributed by atoms with van der Waals surface area (Å²) in [4.78, 5) is 15.4. The van der Waals surface area contributed by atoms with Gasteiger partial charge in [-0.2, -0.15) is 0 Å². The number of hydrogen-bond donors (Lipinski definition) is 7. The molecule has 0 aromatic heterocycles. The molecule has 3 aliphatic heterocycles. The number of carbonyl (C=O) groups excluding carboxylic acids is 1. The zero-order valence-corrected chi connectivity index (χ0v) is 20.7. The summed E-state index contributed by atoms with van der Waals surface area (Å²) < 4.78 is 19.5. The third-order valence-corrected chi connectivity index (χ3v) is 8.77. The van der Waals surface area contributed by atoms with Crippen LogP contribution >= 0.6 is 0 Å². The second-order valence-corrected chi connectivity index (χ2v) is 11.0. The Morgan fingerprint density at radius 3 is 2.89 bits per heavy atom. The van der Waals surface area contributed by atoms with E-state index in [0.29, 0.717) is 38.1 Å². The van der Waals surface area contributed by atoms with Crippen molar-refractivity contribution < 1.29 is 19.0 Å². The van der Waals surface area contributed by atoms with Gasteiger partial charge in [0.1, 0.15) is 6.17 Å². The summed E-state index contributed by atoms with van der Waals surface area (Å²) in [7, 11) is 0. The molecule has 0 spiro atoms. The highest BCUT2D eigenvalue weighted by Gasteiger charge is 2.43. The van der Waals surface area contributed by atoms with Crippen LogP contribution in [0.3, 0.4) is 0 Å². The van der Waals surface area contributed by atoms with E-state index in [2.05, 4.69) is 37.0 Å². The molecule has 5 rings (SSSR count). The quantitative estimate of drug-likeness (QED) is 0.229. The number of aliphatic hydroxyl groups is 1. The van der Waals surface area contributed by atoms with Crippen LogP contribution in [0.1, 0.15) is 51.4 Å². The molecule has 7 N–H and O–H groups in total. The Hall–Kier alpha value is -0.920. The van der Waals surface area contributed by atoms with Crippen LogP contribution in [0.15, 0.2) is 0 Å². The fraction of sp³-hybridized carbons (Fsp3) is 0.958. The van der Waals surface area contributed by atoms with Crippen molar-refractivity contribution in [1.82, 2.24) is 37.0 Å². The molecule has 9 atom stereocenters. The van der Waals surface area contributed by atoms with Crippen LogP contribution in [0, 0.1) is 11.8 Å². The van der Waals surface area contributed by atoms with E-state index in [1.165, 1.54) is 0 Å². The highest BCUT2D eigenvalue weighted by Crippen LogP contribution is 2.36. The van der Waals surface area contributed by atoms with Crippen molar-refractivity contribution in [3.05, 3.63) is 0 Å². The fourth-order valence-electron chi connectivity index (χ4n) is 6.82. The van der Waals surface area contributed by atoms with Gasteiger partial charge in [-0.25, -0.2) is 15.2 Å². The number of ether oxygens (including phenoxy) is 1. The molecule has 0 aromatic carbocycles. The highest BCUT2D eigenvalue weighted by molar-refractivity contribution is 5.79. The lowest BCUT2D eigenvalue weighted by Gasteiger charge is -2.36. The summed E-state index contributed by atoms with van der Waals surface area (Å²) in [6.07, 6.45) is 6.14. The number of hydrogen-bond acceptors (Lipinski definition) is 9. The molecule has 10 nitrogen and oxygen atoms in total. The van der Waals surface area contributed by atoms with Crippen molar-refractivity contribution in [3.63, 3.8) is 0 Å². The molecule has 5 aliphatic rings. The number of aliphatic hydroxyl groups excluding tert-OH is 1. The largest absolute Gasteiger partial charge is 0.395 e. The van der Waals surface area contributed by atoms with Gasteiger partial charge in [-0.3, -0.25) is 15.0 Å². The summed E-state index contributed by atoms with van der Waals surface area (Å²) in [5.74, 6) is 0.393. The Kier molecular flexibility index (Phi) is 8.88. The third kappa shape index (κ3) is 6.15. The molecule has 0 bridgehead atoms. The monoisotopic (exact) mass is 497 g/mol. The molecular weight excluding hydrogens is 453 g/mol. The molecule has 200 valence electrons. The van der Waals surface area contributed by atoms with Gasteiger partial charge in [-0.15, -0.1) is 0 Å². The predicted molar refractivity (Wildman–Crippen MR) is 130 cm³/mol. The van der Waals surface area contributed by atoms with Gasteiger partial charge in [0.05, 0.1) is 37.7 Å². The standard InChI is InChI=1S/C24H44FN7O3/c25-16-4-5-18-20(13-35-21(18)11-16)29-24(34)15-2-1-3-17(10-15)27-12-22-30-31-23(32(22)8-9-33)19-6-7-26-14-28-19/h15-23,26-28,30-31,33H,1-14H2,(H,29,34)/t15?,16?,17?,18?,19?,20-,21?,22?,23?/m1/s1. The van der Waals surface area contributed by atoms with Crippen LogP contribution < -0.4 is 32.1 Å². The van der Waals surface area contributed by atoms with Crippen molar-refractivity contribution in [2.75, 3.05) is 39.5 Å². The summed E-state index contributed by atoms with van der Waals surface area (Å²) in [5.41, 5.74) is 6.84. The van der Waals surface area contributed by atoms with Gasteiger partial charge in [0, 0.05) is 50.1 Å². The van der Waals surface area contributed by atoms with Gasteiger partial charge in [0.2, 0.25) is 5.91 Å². The van der Waals surface area contributed by atoms with Crippen molar-refractivity contribution >= 4 is 5.91 Å². The second-order valence-electron chi connectivity index (χ2n) is 11.0. The second kappa shape index (κ2) is 12.1. The van der Waals surface area contributed by atoms with Crippen molar-refractivity contribution in [2.24, 2.45) is 11.8 Å².